The smallest absolute Gasteiger partial charge is 0.303 e. The summed E-state index contributed by atoms with van der Waals surface area (Å²) >= 11 is 1.69. The fourth-order valence-corrected chi connectivity index (χ4v) is 4.36. The van der Waals surface area contributed by atoms with Gasteiger partial charge in [0.15, 0.2) is 0 Å². The van der Waals surface area contributed by atoms with E-state index in [1.807, 2.05) is 12.2 Å². The lowest BCUT2D eigenvalue weighted by Gasteiger charge is -2.15. The second-order valence-corrected chi connectivity index (χ2v) is 7.94. The summed E-state index contributed by atoms with van der Waals surface area (Å²) in [5, 5.41) is 29.0. The van der Waals surface area contributed by atoms with Gasteiger partial charge < -0.3 is 20.1 Å². The summed E-state index contributed by atoms with van der Waals surface area (Å²) in [5.41, 5.74) is 0. The van der Waals surface area contributed by atoms with Crippen LogP contribution in [0.2, 0.25) is 0 Å². The monoisotopic (exact) mass is 386 g/mol. The van der Waals surface area contributed by atoms with Gasteiger partial charge in [-0.1, -0.05) is 38.3 Å². The first kappa shape index (κ1) is 23.1. The average Bonchev–Trinajstić information content (AvgIpc) is 2.91. The Morgan fingerprint density at radius 2 is 2.12 bits per heavy atom. The fraction of sp³-hybridized carbons (Fsp3) is 0.750. The Morgan fingerprint density at radius 3 is 2.77 bits per heavy atom. The highest BCUT2D eigenvalue weighted by atomic mass is 32.2. The molecule has 1 aliphatic carbocycles. The maximum Gasteiger partial charge on any atom is 0.303 e. The second kappa shape index (κ2) is 13.2. The third-order valence-corrected chi connectivity index (χ3v) is 5.87. The van der Waals surface area contributed by atoms with Crippen LogP contribution in [0.25, 0.3) is 0 Å². The first-order valence-electron chi connectivity index (χ1n) is 9.64. The van der Waals surface area contributed by atoms with Gasteiger partial charge in [0.1, 0.15) is 5.76 Å². The van der Waals surface area contributed by atoms with Crippen LogP contribution in [0, 0.1) is 5.92 Å². The number of aliphatic hydroxyl groups excluding tert-OH is 2. The van der Waals surface area contributed by atoms with E-state index < -0.39 is 12.1 Å². The third-order valence-electron chi connectivity index (χ3n) is 4.57. The first-order valence-corrected chi connectivity index (χ1v) is 10.6. The zero-order valence-corrected chi connectivity index (χ0v) is 16.8. The van der Waals surface area contributed by atoms with Crippen molar-refractivity contribution in [3.05, 3.63) is 22.8 Å². The number of ether oxygens (including phenoxy) is 1. The van der Waals surface area contributed by atoms with Crippen molar-refractivity contribution in [3.8, 4) is 0 Å². The van der Waals surface area contributed by atoms with Crippen LogP contribution in [0.3, 0.4) is 0 Å². The maximum absolute atomic E-state index is 10.5. The predicted molar refractivity (Wildman–Crippen MR) is 106 cm³/mol. The van der Waals surface area contributed by atoms with E-state index in [-0.39, 0.29) is 18.4 Å². The summed E-state index contributed by atoms with van der Waals surface area (Å²) in [6.07, 6.45) is 9.97. The number of thioether (sulfide) groups is 1. The van der Waals surface area contributed by atoms with Crippen LogP contribution in [-0.4, -0.2) is 46.4 Å². The van der Waals surface area contributed by atoms with E-state index in [4.69, 9.17) is 9.84 Å². The van der Waals surface area contributed by atoms with Gasteiger partial charge in [0, 0.05) is 23.7 Å². The molecular weight excluding hydrogens is 352 g/mol. The number of aliphatic carboxylic acids is 1. The van der Waals surface area contributed by atoms with Crippen molar-refractivity contribution in [1.82, 2.24) is 0 Å². The Balaban J connectivity index is 2.49. The molecule has 0 fully saturated rings. The summed E-state index contributed by atoms with van der Waals surface area (Å²) in [5.74, 6) is 0.909. The number of carbonyl (C=O) groups is 1. The summed E-state index contributed by atoms with van der Waals surface area (Å²) in [6.45, 7) is 2.11. The van der Waals surface area contributed by atoms with Crippen LogP contribution in [0.5, 0.6) is 0 Å². The molecule has 0 spiro atoms. The highest BCUT2D eigenvalue weighted by Gasteiger charge is 2.32. The van der Waals surface area contributed by atoms with Crippen LogP contribution in [0.4, 0.5) is 0 Å². The lowest BCUT2D eigenvalue weighted by molar-refractivity contribution is -0.137. The second-order valence-electron chi connectivity index (χ2n) is 6.80. The molecule has 26 heavy (non-hydrogen) atoms. The van der Waals surface area contributed by atoms with Crippen molar-refractivity contribution in [2.75, 3.05) is 12.9 Å². The zero-order valence-electron chi connectivity index (χ0n) is 16.0. The van der Waals surface area contributed by atoms with Gasteiger partial charge in [0.25, 0.3) is 0 Å². The molecule has 0 amide bonds. The summed E-state index contributed by atoms with van der Waals surface area (Å²) < 4.78 is 5.45. The standard InChI is InChI=1S/C20H34O5S/c1-3-4-9-15(21)10-8-11-16-17(22)14-18(25-2)20(16)26-13-7-5-6-12-19(23)24/h8,11,15-17,21-22H,3-7,9-10,12-14H2,1-2H3,(H,23,24)/b11-8+/t15-,16-,17+/m0/s1. The molecule has 0 aromatic rings. The Labute approximate surface area is 161 Å². The van der Waals surface area contributed by atoms with Crippen LogP contribution in [0.1, 0.15) is 64.7 Å². The molecule has 1 aliphatic rings. The van der Waals surface area contributed by atoms with Gasteiger partial charge in [-0.15, -0.1) is 11.8 Å². The first-order chi connectivity index (χ1) is 12.5. The molecule has 1 rings (SSSR count). The Hall–Kier alpha value is -0.980. The van der Waals surface area contributed by atoms with E-state index in [0.717, 1.165) is 48.5 Å². The number of aliphatic hydroxyl groups is 2. The number of hydrogen-bond acceptors (Lipinski definition) is 5. The Kier molecular flexibility index (Phi) is 11.7. The summed E-state index contributed by atoms with van der Waals surface area (Å²) in [6, 6.07) is 0. The molecule has 0 unspecified atom stereocenters. The van der Waals surface area contributed by atoms with Gasteiger partial charge >= 0.3 is 5.97 Å². The van der Waals surface area contributed by atoms with E-state index in [1.54, 1.807) is 18.9 Å². The molecule has 6 heteroatoms. The van der Waals surface area contributed by atoms with E-state index in [1.165, 1.54) is 0 Å². The largest absolute Gasteiger partial charge is 0.500 e. The third kappa shape index (κ3) is 8.60. The molecule has 0 aliphatic heterocycles. The van der Waals surface area contributed by atoms with Gasteiger partial charge in [0.2, 0.25) is 0 Å². The van der Waals surface area contributed by atoms with Crippen LogP contribution in [-0.2, 0) is 9.53 Å². The van der Waals surface area contributed by atoms with E-state index in [0.29, 0.717) is 19.3 Å². The van der Waals surface area contributed by atoms with Crippen LogP contribution in [0.15, 0.2) is 22.8 Å². The quantitative estimate of drug-likeness (QED) is 0.308. The molecule has 0 heterocycles. The van der Waals surface area contributed by atoms with Crippen LogP contribution < -0.4 is 0 Å². The van der Waals surface area contributed by atoms with Gasteiger partial charge in [-0.3, -0.25) is 4.79 Å². The molecule has 0 aromatic heterocycles. The van der Waals surface area contributed by atoms with Crippen molar-refractivity contribution < 1.29 is 24.9 Å². The van der Waals surface area contributed by atoms with E-state index >= 15 is 0 Å². The van der Waals surface area contributed by atoms with Gasteiger partial charge in [-0.05, 0) is 31.4 Å². The van der Waals surface area contributed by atoms with Gasteiger partial charge in [-0.2, -0.15) is 0 Å². The highest BCUT2D eigenvalue weighted by molar-refractivity contribution is 8.03. The zero-order chi connectivity index (χ0) is 19.4. The van der Waals surface area contributed by atoms with Crippen molar-refractivity contribution >= 4 is 17.7 Å². The molecule has 3 N–H and O–H groups in total. The summed E-state index contributed by atoms with van der Waals surface area (Å²) in [7, 11) is 1.63. The van der Waals surface area contributed by atoms with E-state index in [9.17, 15) is 15.0 Å². The molecule has 0 saturated carbocycles. The lowest BCUT2D eigenvalue weighted by atomic mass is 10.0. The molecule has 150 valence electrons. The number of methoxy groups -OCH3 is 1. The fourth-order valence-electron chi connectivity index (χ4n) is 3.03. The predicted octanol–water partition coefficient (Wildman–Crippen LogP) is 4.10. The molecular formula is C20H34O5S. The van der Waals surface area contributed by atoms with Crippen molar-refractivity contribution in [3.63, 3.8) is 0 Å². The number of hydrogen-bond donors (Lipinski definition) is 3. The minimum absolute atomic E-state index is 0.0765. The van der Waals surface area contributed by atoms with Crippen molar-refractivity contribution in [1.29, 1.82) is 0 Å². The Morgan fingerprint density at radius 1 is 1.35 bits per heavy atom. The minimum Gasteiger partial charge on any atom is -0.500 e. The minimum atomic E-state index is -0.743. The Bertz CT molecular complexity index is 475. The molecule has 3 atom stereocenters. The normalized spacial score (nSPS) is 21.5. The lowest BCUT2D eigenvalue weighted by Crippen LogP contribution is -2.14. The number of carboxylic acids is 1. The molecule has 0 saturated heterocycles. The molecule has 0 aromatic carbocycles. The molecule has 5 nitrogen and oxygen atoms in total. The summed E-state index contributed by atoms with van der Waals surface area (Å²) in [4.78, 5) is 11.6. The highest BCUT2D eigenvalue weighted by Crippen LogP contribution is 2.41. The number of unbranched alkanes of at least 4 members (excludes halogenated alkanes) is 3. The SMILES string of the molecule is CCCC[C@H](O)C/C=C/[C@@H]1C(SCCCCCC(=O)O)=C(OC)C[C@H]1O. The maximum atomic E-state index is 10.5. The van der Waals surface area contributed by atoms with Crippen LogP contribution >= 0.6 is 11.8 Å². The van der Waals surface area contributed by atoms with Gasteiger partial charge in [-0.25, -0.2) is 0 Å². The molecule has 0 radical (unpaired) electrons. The van der Waals surface area contributed by atoms with E-state index in [2.05, 4.69) is 6.92 Å². The van der Waals surface area contributed by atoms with Gasteiger partial charge in [0.05, 0.1) is 19.3 Å². The number of carboxylic acid groups (broad SMARTS) is 1. The van der Waals surface area contributed by atoms with Crippen molar-refractivity contribution in [2.24, 2.45) is 5.92 Å². The topological polar surface area (TPSA) is 87.0 Å². The number of rotatable bonds is 14. The van der Waals surface area contributed by atoms with Crippen molar-refractivity contribution in [2.45, 2.75) is 76.9 Å². The average molecular weight is 387 g/mol. The molecule has 0 bridgehead atoms.